The lowest BCUT2D eigenvalue weighted by Gasteiger charge is -2.20. The SMILES string of the molecule is CN(C)NC(CN)c1cc(Br)c(Br)s1. The average molecular weight is 343 g/mol. The fraction of sp³-hybridized carbons (Fsp3) is 0.500. The number of hydrazine groups is 1. The van der Waals surface area contributed by atoms with Crippen LogP contribution in [0.25, 0.3) is 0 Å². The number of halogens is 2. The zero-order chi connectivity index (χ0) is 10.7. The summed E-state index contributed by atoms with van der Waals surface area (Å²) in [5.74, 6) is 0. The maximum Gasteiger partial charge on any atom is 0.0843 e. The summed E-state index contributed by atoms with van der Waals surface area (Å²) in [6.45, 7) is 0.581. The first kappa shape index (κ1) is 12.6. The van der Waals surface area contributed by atoms with Gasteiger partial charge in [-0.2, -0.15) is 0 Å². The van der Waals surface area contributed by atoms with Crippen LogP contribution >= 0.6 is 43.2 Å². The molecule has 0 fully saturated rings. The molecule has 1 aromatic heterocycles. The molecule has 1 heterocycles. The Bertz CT molecular complexity index is 281. The van der Waals surface area contributed by atoms with Gasteiger partial charge < -0.3 is 5.73 Å². The Labute approximate surface area is 105 Å². The second kappa shape index (κ2) is 5.58. The Hall–Kier alpha value is 0.540. The Kier molecular flexibility index (Phi) is 5.02. The molecule has 3 nitrogen and oxygen atoms in total. The molecule has 0 radical (unpaired) electrons. The van der Waals surface area contributed by atoms with Crippen molar-refractivity contribution in [2.75, 3.05) is 20.6 Å². The van der Waals surface area contributed by atoms with Crippen LogP contribution < -0.4 is 11.2 Å². The van der Waals surface area contributed by atoms with E-state index >= 15 is 0 Å². The van der Waals surface area contributed by atoms with Gasteiger partial charge in [-0.25, -0.2) is 10.4 Å². The minimum atomic E-state index is 0.178. The molecule has 0 spiro atoms. The van der Waals surface area contributed by atoms with E-state index in [4.69, 9.17) is 5.73 Å². The van der Waals surface area contributed by atoms with E-state index in [0.29, 0.717) is 6.54 Å². The van der Waals surface area contributed by atoms with Crippen LogP contribution in [0.15, 0.2) is 14.3 Å². The third-order valence-electron chi connectivity index (χ3n) is 1.66. The van der Waals surface area contributed by atoms with E-state index in [2.05, 4.69) is 43.4 Å². The summed E-state index contributed by atoms with van der Waals surface area (Å²) in [6, 6.07) is 2.26. The van der Waals surface area contributed by atoms with Crippen molar-refractivity contribution in [2.45, 2.75) is 6.04 Å². The molecule has 1 rings (SSSR count). The molecule has 0 aromatic carbocycles. The predicted octanol–water partition coefficient (Wildman–Crippen LogP) is 2.34. The van der Waals surface area contributed by atoms with Gasteiger partial charge >= 0.3 is 0 Å². The normalized spacial score (nSPS) is 13.6. The molecule has 0 saturated carbocycles. The Morgan fingerprint density at radius 2 is 2.21 bits per heavy atom. The number of nitrogens with two attached hydrogens (primary N) is 1. The summed E-state index contributed by atoms with van der Waals surface area (Å²) in [4.78, 5) is 1.22. The van der Waals surface area contributed by atoms with Crippen LogP contribution in [0.5, 0.6) is 0 Å². The molecule has 80 valence electrons. The van der Waals surface area contributed by atoms with Crippen LogP contribution in [-0.2, 0) is 0 Å². The zero-order valence-corrected chi connectivity index (χ0v) is 12.0. The van der Waals surface area contributed by atoms with Gasteiger partial charge in [0.05, 0.1) is 9.83 Å². The van der Waals surface area contributed by atoms with Crippen molar-refractivity contribution in [2.24, 2.45) is 5.73 Å². The van der Waals surface area contributed by atoms with Gasteiger partial charge in [0.25, 0.3) is 0 Å². The van der Waals surface area contributed by atoms with Crippen LogP contribution in [0.3, 0.4) is 0 Å². The van der Waals surface area contributed by atoms with Gasteiger partial charge in [-0.15, -0.1) is 11.3 Å². The van der Waals surface area contributed by atoms with Crippen molar-refractivity contribution in [3.8, 4) is 0 Å². The number of thiophene rings is 1. The monoisotopic (exact) mass is 341 g/mol. The third-order valence-corrected chi connectivity index (χ3v) is 5.03. The number of rotatable bonds is 4. The third kappa shape index (κ3) is 3.29. The van der Waals surface area contributed by atoms with Gasteiger partial charge in [-0.3, -0.25) is 0 Å². The molecule has 0 amide bonds. The topological polar surface area (TPSA) is 41.3 Å². The summed E-state index contributed by atoms with van der Waals surface area (Å²) >= 11 is 8.62. The molecular formula is C8H13Br2N3S. The van der Waals surface area contributed by atoms with E-state index in [9.17, 15) is 0 Å². The van der Waals surface area contributed by atoms with Crippen LogP contribution in [0.1, 0.15) is 10.9 Å². The molecule has 0 aliphatic heterocycles. The molecule has 0 aliphatic rings. The van der Waals surface area contributed by atoms with Crippen LogP contribution in [-0.4, -0.2) is 25.6 Å². The molecule has 0 aliphatic carbocycles. The summed E-state index contributed by atoms with van der Waals surface area (Å²) < 4.78 is 2.18. The van der Waals surface area contributed by atoms with Crippen LogP contribution in [0.2, 0.25) is 0 Å². The summed E-state index contributed by atoms with van der Waals surface area (Å²) in [6.07, 6.45) is 0. The average Bonchev–Trinajstić information content (AvgIpc) is 2.42. The molecule has 14 heavy (non-hydrogen) atoms. The predicted molar refractivity (Wildman–Crippen MR) is 68.3 cm³/mol. The van der Waals surface area contributed by atoms with E-state index in [1.165, 1.54) is 4.88 Å². The summed E-state index contributed by atoms with van der Waals surface area (Å²) in [5.41, 5.74) is 8.96. The maximum atomic E-state index is 5.70. The number of nitrogens with zero attached hydrogens (tertiary/aromatic N) is 1. The van der Waals surface area contributed by atoms with Gasteiger partial charge in [0.15, 0.2) is 0 Å². The molecule has 1 unspecified atom stereocenters. The van der Waals surface area contributed by atoms with E-state index in [1.54, 1.807) is 11.3 Å². The lowest BCUT2D eigenvalue weighted by atomic mass is 10.2. The minimum absolute atomic E-state index is 0.178. The molecule has 0 saturated heterocycles. The van der Waals surface area contributed by atoms with Crippen molar-refractivity contribution in [1.82, 2.24) is 10.4 Å². The number of hydrogen-bond donors (Lipinski definition) is 2. The van der Waals surface area contributed by atoms with Crippen LogP contribution in [0, 0.1) is 0 Å². The zero-order valence-electron chi connectivity index (χ0n) is 8.05. The quantitative estimate of drug-likeness (QED) is 0.825. The number of nitrogens with one attached hydrogen (secondary N) is 1. The summed E-state index contributed by atoms with van der Waals surface area (Å²) in [7, 11) is 3.92. The van der Waals surface area contributed by atoms with E-state index in [-0.39, 0.29) is 6.04 Å². The first-order chi connectivity index (χ1) is 6.54. The largest absolute Gasteiger partial charge is 0.329 e. The second-order valence-corrected chi connectivity index (χ2v) is 6.34. The fourth-order valence-electron chi connectivity index (χ4n) is 1.08. The number of hydrogen-bond acceptors (Lipinski definition) is 4. The van der Waals surface area contributed by atoms with Crippen molar-refractivity contribution in [3.63, 3.8) is 0 Å². The highest BCUT2D eigenvalue weighted by Crippen LogP contribution is 2.35. The molecule has 1 aromatic rings. The van der Waals surface area contributed by atoms with Gasteiger partial charge in [0.2, 0.25) is 0 Å². The lowest BCUT2D eigenvalue weighted by molar-refractivity contribution is 0.247. The molecular weight excluding hydrogens is 330 g/mol. The Balaban J connectivity index is 2.78. The molecule has 6 heteroatoms. The van der Waals surface area contributed by atoms with Crippen molar-refractivity contribution >= 4 is 43.2 Å². The van der Waals surface area contributed by atoms with Gasteiger partial charge in [0.1, 0.15) is 0 Å². The van der Waals surface area contributed by atoms with Gasteiger partial charge in [-0.05, 0) is 37.9 Å². The fourth-order valence-corrected chi connectivity index (χ4v) is 3.23. The first-order valence-corrected chi connectivity index (χ1v) is 6.53. The van der Waals surface area contributed by atoms with Crippen LogP contribution in [0.4, 0.5) is 0 Å². The van der Waals surface area contributed by atoms with E-state index in [0.717, 1.165) is 8.26 Å². The van der Waals surface area contributed by atoms with Crippen molar-refractivity contribution < 1.29 is 0 Å². The highest BCUT2D eigenvalue weighted by molar-refractivity contribution is 9.13. The highest BCUT2D eigenvalue weighted by Gasteiger charge is 2.14. The van der Waals surface area contributed by atoms with Gasteiger partial charge in [-0.1, -0.05) is 0 Å². The lowest BCUT2D eigenvalue weighted by Crippen LogP contribution is -2.37. The molecule has 1 atom stereocenters. The Morgan fingerprint density at radius 1 is 1.57 bits per heavy atom. The van der Waals surface area contributed by atoms with Crippen molar-refractivity contribution in [3.05, 3.63) is 19.2 Å². The van der Waals surface area contributed by atoms with Crippen molar-refractivity contribution in [1.29, 1.82) is 0 Å². The minimum Gasteiger partial charge on any atom is -0.329 e. The first-order valence-electron chi connectivity index (χ1n) is 4.13. The second-order valence-electron chi connectivity index (χ2n) is 3.08. The van der Waals surface area contributed by atoms with E-state index in [1.807, 2.05) is 19.1 Å². The smallest absolute Gasteiger partial charge is 0.0843 e. The van der Waals surface area contributed by atoms with Gasteiger partial charge in [0, 0.05) is 30.0 Å². The Morgan fingerprint density at radius 3 is 2.57 bits per heavy atom. The molecule has 3 N–H and O–H groups in total. The van der Waals surface area contributed by atoms with E-state index < -0.39 is 0 Å². The highest BCUT2D eigenvalue weighted by atomic mass is 79.9. The maximum absolute atomic E-state index is 5.70. The summed E-state index contributed by atoms with van der Waals surface area (Å²) in [5, 5.41) is 1.92. The standard InChI is InChI=1S/C8H13Br2N3S/c1-13(2)12-6(4-11)7-3-5(9)8(10)14-7/h3,6,12H,4,11H2,1-2H3. The molecule has 0 bridgehead atoms.